The van der Waals surface area contributed by atoms with Crippen LogP contribution in [0.3, 0.4) is 0 Å². The van der Waals surface area contributed by atoms with Crippen LogP contribution in [0.2, 0.25) is 5.02 Å². The van der Waals surface area contributed by atoms with Gasteiger partial charge in [0.1, 0.15) is 33.5 Å². The monoisotopic (exact) mass is 289 g/mol. The zero-order chi connectivity index (χ0) is 13.2. The number of benzene rings is 1. The number of nitrogens with zero attached hydrogens (tertiary/aromatic N) is 4. The minimum Gasteiger partial charge on any atom is -0.382 e. The fourth-order valence-corrected chi connectivity index (χ4v) is 2.66. The highest BCUT2D eigenvalue weighted by Gasteiger charge is 2.11. The molecule has 0 aliphatic carbocycles. The maximum atomic E-state index is 6.08. The van der Waals surface area contributed by atoms with Crippen molar-refractivity contribution in [3.63, 3.8) is 0 Å². The maximum absolute atomic E-state index is 6.08. The fourth-order valence-electron chi connectivity index (χ4n) is 1.59. The summed E-state index contributed by atoms with van der Waals surface area (Å²) in [6.07, 6.45) is 2.90. The Kier molecular flexibility index (Phi) is 3.18. The van der Waals surface area contributed by atoms with E-state index in [0.717, 1.165) is 15.9 Å². The molecule has 94 valence electrons. The van der Waals surface area contributed by atoms with Crippen LogP contribution in [-0.2, 0) is 0 Å². The van der Waals surface area contributed by atoms with Crippen molar-refractivity contribution in [2.24, 2.45) is 0 Å². The molecule has 0 aliphatic rings. The molecule has 2 heterocycles. The molecule has 0 fully saturated rings. The van der Waals surface area contributed by atoms with Gasteiger partial charge in [0.05, 0.1) is 5.52 Å². The van der Waals surface area contributed by atoms with Gasteiger partial charge >= 0.3 is 0 Å². The van der Waals surface area contributed by atoms with Gasteiger partial charge < -0.3 is 5.73 Å². The standard InChI is InChI=1S/C12H8ClN5S/c13-9-10(14)16-6-18-12(9)19-11-7-3-1-2-4-8(7)15-5-17-11/h1-6H,(H2,14,16,18). The predicted octanol–water partition coefficient (Wildman–Crippen LogP) is 2.81. The molecule has 0 aliphatic heterocycles. The van der Waals surface area contributed by atoms with E-state index in [4.69, 9.17) is 17.3 Å². The van der Waals surface area contributed by atoms with Crippen molar-refractivity contribution >= 4 is 40.1 Å². The number of rotatable bonds is 2. The third-order valence-corrected chi connectivity index (χ3v) is 3.99. The van der Waals surface area contributed by atoms with E-state index in [1.165, 1.54) is 24.4 Å². The van der Waals surface area contributed by atoms with E-state index in [9.17, 15) is 0 Å². The van der Waals surface area contributed by atoms with Gasteiger partial charge in [0.2, 0.25) is 0 Å². The molecule has 1 aromatic carbocycles. The third kappa shape index (κ3) is 2.32. The average molecular weight is 290 g/mol. The Morgan fingerprint density at radius 1 is 0.947 bits per heavy atom. The summed E-state index contributed by atoms with van der Waals surface area (Å²) in [5.74, 6) is 0.262. The molecule has 0 saturated heterocycles. The van der Waals surface area contributed by atoms with Crippen molar-refractivity contribution in [1.82, 2.24) is 19.9 Å². The van der Waals surface area contributed by atoms with E-state index in [1.807, 2.05) is 24.3 Å². The number of hydrogen-bond donors (Lipinski definition) is 1. The molecule has 7 heteroatoms. The first-order valence-electron chi connectivity index (χ1n) is 5.39. The summed E-state index contributed by atoms with van der Waals surface area (Å²) in [6.45, 7) is 0. The number of aromatic nitrogens is 4. The summed E-state index contributed by atoms with van der Waals surface area (Å²) < 4.78 is 0. The van der Waals surface area contributed by atoms with Gasteiger partial charge in [-0.1, -0.05) is 29.8 Å². The Hall–Kier alpha value is -1.92. The van der Waals surface area contributed by atoms with Gasteiger partial charge in [-0.3, -0.25) is 0 Å². The lowest BCUT2D eigenvalue weighted by Gasteiger charge is -2.05. The second kappa shape index (κ2) is 4.99. The zero-order valence-corrected chi connectivity index (χ0v) is 11.2. The molecule has 0 atom stereocenters. The Bertz CT molecular complexity index is 744. The van der Waals surface area contributed by atoms with Crippen molar-refractivity contribution in [3.05, 3.63) is 41.9 Å². The van der Waals surface area contributed by atoms with Crippen molar-refractivity contribution in [2.45, 2.75) is 10.1 Å². The molecule has 0 bridgehead atoms. The molecule has 0 amide bonds. The Balaban J connectivity index is 2.09. The lowest BCUT2D eigenvalue weighted by atomic mass is 10.2. The van der Waals surface area contributed by atoms with Crippen LogP contribution in [-0.4, -0.2) is 19.9 Å². The molecule has 3 rings (SSSR count). The van der Waals surface area contributed by atoms with Crippen LogP contribution in [0, 0.1) is 0 Å². The zero-order valence-electron chi connectivity index (χ0n) is 9.62. The molecular formula is C12H8ClN5S. The Morgan fingerprint density at radius 3 is 2.58 bits per heavy atom. The van der Waals surface area contributed by atoms with Crippen LogP contribution in [0.4, 0.5) is 5.82 Å². The highest BCUT2D eigenvalue weighted by atomic mass is 35.5. The largest absolute Gasteiger partial charge is 0.382 e. The smallest absolute Gasteiger partial charge is 0.146 e. The second-order valence-corrected chi connectivity index (χ2v) is 5.03. The van der Waals surface area contributed by atoms with Crippen molar-refractivity contribution < 1.29 is 0 Å². The van der Waals surface area contributed by atoms with Gasteiger partial charge in [0.15, 0.2) is 0 Å². The first kappa shape index (κ1) is 12.1. The van der Waals surface area contributed by atoms with Gasteiger partial charge in [-0.15, -0.1) is 0 Å². The molecule has 5 nitrogen and oxygen atoms in total. The van der Waals surface area contributed by atoms with Crippen molar-refractivity contribution in [2.75, 3.05) is 5.73 Å². The summed E-state index contributed by atoms with van der Waals surface area (Å²) >= 11 is 7.42. The fraction of sp³-hybridized carbons (Fsp3) is 0. The highest BCUT2D eigenvalue weighted by Crippen LogP contribution is 2.35. The molecule has 0 saturated carbocycles. The SMILES string of the molecule is Nc1ncnc(Sc2ncnc3ccccc23)c1Cl. The highest BCUT2D eigenvalue weighted by molar-refractivity contribution is 7.99. The number of hydrogen-bond acceptors (Lipinski definition) is 6. The summed E-state index contributed by atoms with van der Waals surface area (Å²) in [5, 5.41) is 2.65. The van der Waals surface area contributed by atoms with Crippen molar-refractivity contribution in [1.29, 1.82) is 0 Å². The first-order valence-corrected chi connectivity index (χ1v) is 6.58. The number of halogens is 1. The first-order chi connectivity index (χ1) is 9.25. The molecule has 0 spiro atoms. The van der Waals surface area contributed by atoms with Gasteiger partial charge in [0, 0.05) is 5.39 Å². The topological polar surface area (TPSA) is 77.6 Å². The number of nitrogens with two attached hydrogens (primary N) is 1. The van der Waals surface area contributed by atoms with Gasteiger partial charge in [-0.2, -0.15) is 0 Å². The minimum absolute atomic E-state index is 0.262. The number of nitrogen functional groups attached to an aromatic ring is 1. The van der Waals surface area contributed by atoms with E-state index >= 15 is 0 Å². The molecular weight excluding hydrogens is 282 g/mol. The molecule has 0 unspecified atom stereocenters. The molecule has 19 heavy (non-hydrogen) atoms. The van der Waals surface area contributed by atoms with Crippen LogP contribution in [0.25, 0.3) is 10.9 Å². The quantitative estimate of drug-likeness (QED) is 0.731. The van der Waals surface area contributed by atoms with Crippen LogP contribution in [0.5, 0.6) is 0 Å². The van der Waals surface area contributed by atoms with E-state index in [2.05, 4.69) is 19.9 Å². The minimum atomic E-state index is 0.262. The van der Waals surface area contributed by atoms with Crippen LogP contribution >= 0.6 is 23.4 Å². The van der Waals surface area contributed by atoms with Crippen LogP contribution in [0.1, 0.15) is 0 Å². The summed E-state index contributed by atoms with van der Waals surface area (Å²) in [4.78, 5) is 16.4. The molecule has 0 radical (unpaired) electrons. The summed E-state index contributed by atoms with van der Waals surface area (Å²) in [7, 11) is 0. The predicted molar refractivity (Wildman–Crippen MR) is 75.1 cm³/mol. The van der Waals surface area contributed by atoms with Gasteiger partial charge in [-0.05, 0) is 17.8 Å². The van der Waals surface area contributed by atoms with E-state index < -0.39 is 0 Å². The molecule has 2 N–H and O–H groups in total. The van der Waals surface area contributed by atoms with E-state index in [0.29, 0.717) is 10.0 Å². The Labute approximate surface area is 118 Å². The van der Waals surface area contributed by atoms with E-state index in [-0.39, 0.29) is 5.82 Å². The number of para-hydroxylation sites is 1. The Morgan fingerprint density at radius 2 is 1.68 bits per heavy atom. The average Bonchev–Trinajstić information content (AvgIpc) is 2.44. The van der Waals surface area contributed by atoms with Gasteiger partial charge in [0.25, 0.3) is 0 Å². The lowest BCUT2D eigenvalue weighted by molar-refractivity contribution is 1.04. The summed E-state index contributed by atoms with van der Waals surface area (Å²) in [5.41, 5.74) is 6.53. The lowest BCUT2D eigenvalue weighted by Crippen LogP contribution is -1.95. The number of fused-ring (bicyclic) bond motifs is 1. The van der Waals surface area contributed by atoms with Gasteiger partial charge in [-0.25, -0.2) is 19.9 Å². The third-order valence-electron chi connectivity index (χ3n) is 2.48. The second-order valence-electron chi connectivity index (χ2n) is 3.68. The summed E-state index contributed by atoms with van der Waals surface area (Å²) in [6, 6.07) is 7.75. The van der Waals surface area contributed by atoms with Crippen LogP contribution in [0.15, 0.2) is 47.0 Å². The van der Waals surface area contributed by atoms with E-state index in [1.54, 1.807) is 0 Å². The normalized spacial score (nSPS) is 10.8. The van der Waals surface area contributed by atoms with Crippen molar-refractivity contribution in [3.8, 4) is 0 Å². The van der Waals surface area contributed by atoms with Crippen LogP contribution < -0.4 is 5.73 Å². The molecule has 2 aromatic heterocycles. The number of anilines is 1. The molecule has 3 aromatic rings. The maximum Gasteiger partial charge on any atom is 0.146 e.